The van der Waals surface area contributed by atoms with Crippen LogP contribution in [0.15, 0.2) is 34.9 Å². The lowest BCUT2D eigenvalue weighted by Crippen LogP contribution is -2.01. The van der Waals surface area contributed by atoms with E-state index in [4.69, 9.17) is 16.0 Å². The predicted octanol–water partition coefficient (Wildman–Crippen LogP) is 3.23. The third-order valence-corrected chi connectivity index (χ3v) is 4.25. The first-order valence-corrected chi connectivity index (χ1v) is 7.56. The number of nitrogens with one attached hydrogen (secondary N) is 1. The Hall–Kier alpha value is -2.45. The van der Waals surface area contributed by atoms with E-state index in [9.17, 15) is 0 Å². The third kappa shape index (κ3) is 2.04. The Morgan fingerprint density at radius 1 is 1.27 bits per heavy atom. The van der Waals surface area contributed by atoms with Crippen molar-refractivity contribution in [3.05, 3.63) is 34.9 Å². The number of fused-ring (bicyclic) bond motifs is 1. The van der Waals surface area contributed by atoms with Gasteiger partial charge in [-0.1, -0.05) is 16.8 Å². The minimum Gasteiger partial charge on any atom is -0.463 e. The van der Waals surface area contributed by atoms with Crippen LogP contribution in [0.3, 0.4) is 0 Å². The topological polar surface area (TPSA) is 81.7 Å². The zero-order chi connectivity index (χ0) is 15.1. The number of hydrogen-bond acceptors (Lipinski definition) is 7. The summed E-state index contributed by atoms with van der Waals surface area (Å²) >= 11 is 7.40. The fourth-order valence-electron chi connectivity index (χ4n) is 2.08. The van der Waals surface area contributed by atoms with E-state index >= 15 is 0 Å². The zero-order valence-corrected chi connectivity index (χ0v) is 12.9. The molecule has 9 heteroatoms. The normalized spacial score (nSPS) is 11.2. The highest BCUT2D eigenvalue weighted by Gasteiger charge is 2.18. The Bertz CT molecular complexity index is 945. The Kier molecular flexibility index (Phi) is 3.05. The summed E-state index contributed by atoms with van der Waals surface area (Å²) in [4.78, 5) is 8.87. The molecular weight excluding hydrogens is 324 g/mol. The van der Waals surface area contributed by atoms with Crippen molar-refractivity contribution < 1.29 is 4.42 Å². The molecule has 0 unspecified atom stereocenters. The van der Waals surface area contributed by atoms with Crippen LogP contribution < -0.4 is 5.32 Å². The molecule has 0 spiro atoms. The van der Waals surface area contributed by atoms with Crippen LogP contribution >= 0.6 is 22.9 Å². The van der Waals surface area contributed by atoms with Gasteiger partial charge in [0.15, 0.2) is 16.9 Å². The minimum absolute atomic E-state index is 0.463. The van der Waals surface area contributed by atoms with Crippen molar-refractivity contribution in [1.82, 2.24) is 25.0 Å². The van der Waals surface area contributed by atoms with Crippen LogP contribution in [0.2, 0.25) is 4.34 Å². The lowest BCUT2D eigenvalue weighted by Gasteiger charge is -2.03. The summed E-state index contributed by atoms with van der Waals surface area (Å²) in [5.74, 6) is 1.07. The minimum atomic E-state index is 0.463. The molecule has 0 radical (unpaired) electrons. The molecule has 110 valence electrons. The van der Waals surface area contributed by atoms with Crippen LogP contribution in [0.1, 0.15) is 0 Å². The molecule has 1 N–H and O–H groups in total. The van der Waals surface area contributed by atoms with E-state index in [1.165, 1.54) is 11.3 Å². The van der Waals surface area contributed by atoms with Gasteiger partial charge in [-0.2, -0.15) is 9.67 Å². The second-order valence-electron chi connectivity index (χ2n) is 4.37. The number of anilines is 1. The Morgan fingerprint density at radius 2 is 2.18 bits per heavy atom. The van der Waals surface area contributed by atoms with Crippen molar-refractivity contribution in [2.45, 2.75) is 0 Å². The van der Waals surface area contributed by atoms with Gasteiger partial charge in [0.05, 0.1) is 10.6 Å². The van der Waals surface area contributed by atoms with Gasteiger partial charge in [-0.15, -0.1) is 16.4 Å². The van der Waals surface area contributed by atoms with Crippen LogP contribution in [0.5, 0.6) is 0 Å². The molecular formula is C13H9ClN6OS. The molecule has 0 atom stereocenters. The van der Waals surface area contributed by atoms with Gasteiger partial charge >= 0.3 is 0 Å². The number of rotatable bonds is 3. The second kappa shape index (κ2) is 5.08. The van der Waals surface area contributed by atoms with Crippen molar-refractivity contribution in [3.8, 4) is 16.5 Å². The average Bonchev–Trinajstić information content (AvgIpc) is 3.25. The SMILES string of the molecule is CNc1nc(-c2ccco2)c2nnn(-c3ccc(Cl)s3)c2n1. The van der Waals surface area contributed by atoms with Gasteiger partial charge in [-0.05, 0) is 24.3 Å². The van der Waals surface area contributed by atoms with Crippen LogP contribution in [0.4, 0.5) is 5.95 Å². The highest BCUT2D eigenvalue weighted by Crippen LogP contribution is 2.30. The second-order valence-corrected chi connectivity index (χ2v) is 6.07. The quantitative estimate of drug-likeness (QED) is 0.620. The number of thiophene rings is 1. The molecule has 0 aliphatic rings. The van der Waals surface area contributed by atoms with E-state index in [0.717, 1.165) is 5.00 Å². The fraction of sp³-hybridized carbons (Fsp3) is 0.0769. The molecule has 0 amide bonds. The monoisotopic (exact) mass is 332 g/mol. The first kappa shape index (κ1) is 13.2. The molecule has 4 heterocycles. The summed E-state index contributed by atoms with van der Waals surface area (Å²) in [7, 11) is 1.75. The molecule has 0 aliphatic heterocycles. The van der Waals surface area contributed by atoms with Crippen molar-refractivity contribution >= 4 is 40.0 Å². The molecule has 4 aromatic heterocycles. The smallest absolute Gasteiger partial charge is 0.225 e. The molecule has 0 bridgehead atoms. The molecule has 22 heavy (non-hydrogen) atoms. The van der Waals surface area contributed by atoms with Gasteiger partial charge in [-0.3, -0.25) is 0 Å². The average molecular weight is 333 g/mol. The maximum atomic E-state index is 6.00. The van der Waals surface area contributed by atoms with Crippen molar-refractivity contribution in [1.29, 1.82) is 0 Å². The zero-order valence-electron chi connectivity index (χ0n) is 11.3. The third-order valence-electron chi connectivity index (χ3n) is 3.05. The molecule has 0 saturated heterocycles. The molecule has 4 aromatic rings. The molecule has 0 aliphatic carbocycles. The van der Waals surface area contributed by atoms with E-state index in [1.54, 1.807) is 24.1 Å². The van der Waals surface area contributed by atoms with Gasteiger partial charge in [0.2, 0.25) is 5.95 Å². The lowest BCUT2D eigenvalue weighted by atomic mass is 10.3. The van der Waals surface area contributed by atoms with Crippen molar-refractivity contribution in [2.24, 2.45) is 0 Å². The molecule has 0 aromatic carbocycles. The summed E-state index contributed by atoms with van der Waals surface area (Å²) in [6, 6.07) is 7.30. The molecule has 4 rings (SSSR count). The van der Waals surface area contributed by atoms with Gasteiger partial charge < -0.3 is 9.73 Å². The number of furan rings is 1. The maximum absolute atomic E-state index is 6.00. The number of hydrogen-bond donors (Lipinski definition) is 1. The first-order valence-electron chi connectivity index (χ1n) is 6.37. The van der Waals surface area contributed by atoms with Crippen molar-refractivity contribution in [2.75, 3.05) is 12.4 Å². The lowest BCUT2D eigenvalue weighted by molar-refractivity contribution is 0.580. The fourth-order valence-corrected chi connectivity index (χ4v) is 3.06. The van der Waals surface area contributed by atoms with E-state index in [-0.39, 0.29) is 0 Å². The Labute approximate surface area is 133 Å². The van der Waals surface area contributed by atoms with E-state index in [2.05, 4.69) is 25.6 Å². The predicted molar refractivity (Wildman–Crippen MR) is 84.6 cm³/mol. The number of halogens is 1. The first-order chi connectivity index (χ1) is 10.8. The molecule has 0 fully saturated rings. The van der Waals surface area contributed by atoms with E-state index in [1.807, 2.05) is 18.2 Å². The van der Waals surface area contributed by atoms with Crippen LogP contribution in [0.25, 0.3) is 27.6 Å². The van der Waals surface area contributed by atoms with Crippen molar-refractivity contribution in [3.63, 3.8) is 0 Å². The summed E-state index contributed by atoms with van der Waals surface area (Å²) in [5, 5.41) is 12.1. The van der Waals surface area contributed by atoms with Gasteiger partial charge in [0, 0.05) is 7.05 Å². The van der Waals surface area contributed by atoms with E-state index in [0.29, 0.717) is 32.9 Å². The summed E-state index contributed by atoms with van der Waals surface area (Å²) in [6.07, 6.45) is 1.59. The van der Waals surface area contributed by atoms with Gasteiger partial charge in [0.1, 0.15) is 10.7 Å². The van der Waals surface area contributed by atoms with Crippen LogP contribution in [-0.2, 0) is 0 Å². The largest absolute Gasteiger partial charge is 0.463 e. The highest BCUT2D eigenvalue weighted by molar-refractivity contribution is 7.18. The maximum Gasteiger partial charge on any atom is 0.225 e. The van der Waals surface area contributed by atoms with Gasteiger partial charge in [0.25, 0.3) is 0 Å². The van der Waals surface area contributed by atoms with Gasteiger partial charge in [-0.25, -0.2) is 4.98 Å². The summed E-state index contributed by atoms with van der Waals surface area (Å²) in [6.45, 7) is 0. The highest BCUT2D eigenvalue weighted by atomic mass is 35.5. The van der Waals surface area contributed by atoms with E-state index < -0.39 is 0 Å². The van der Waals surface area contributed by atoms with Crippen LogP contribution in [0, 0.1) is 0 Å². The van der Waals surface area contributed by atoms with Crippen LogP contribution in [-0.4, -0.2) is 32.0 Å². The number of aromatic nitrogens is 5. The number of nitrogens with zero attached hydrogens (tertiary/aromatic N) is 5. The standard InChI is InChI=1S/C13H9ClN6OS/c1-15-13-16-10(7-3-2-6-21-7)11-12(17-13)20(19-18-11)9-5-4-8(14)22-9/h2-6H,1H3,(H,15,16,17). The Morgan fingerprint density at radius 3 is 2.86 bits per heavy atom. The summed E-state index contributed by atoms with van der Waals surface area (Å²) in [5.41, 5.74) is 1.75. The Balaban J connectivity index is 2.01. The molecule has 0 saturated carbocycles. The summed E-state index contributed by atoms with van der Waals surface area (Å²) < 4.78 is 7.75. The molecule has 7 nitrogen and oxygen atoms in total.